The Morgan fingerprint density at radius 3 is 2.90 bits per heavy atom. The Morgan fingerprint density at radius 1 is 1.33 bits per heavy atom. The molecule has 0 saturated heterocycles. The number of aryl methyl sites for hydroxylation is 2. The Hall–Kier alpha value is -2.10. The van der Waals surface area contributed by atoms with Crippen molar-refractivity contribution in [1.29, 1.82) is 0 Å². The van der Waals surface area contributed by atoms with Crippen molar-refractivity contribution in [2.75, 3.05) is 0 Å². The molecular weight excluding hydrogens is 264 g/mol. The number of carboxylic acid groups (broad SMARTS) is 1. The third-order valence-corrected chi connectivity index (χ3v) is 4.26. The van der Waals surface area contributed by atoms with Crippen LogP contribution in [0.4, 0.5) is 0 Å². The molecule has 0 spiro atoms. The fraction of sp³-hybridized carbons (Fsp3) is 0.412. The Labute approximate surface area is 124 Å². The molecule has 1 unspecified atom stereocenters. The number of aromatic nitrogens is 2. The Morgan fingerprint density at radius 2 is 2.14 bits per heavy atom. The molecule has 2 aromatic rings. The van der Waals surface area contributed by atoms with Crippen molar-refractivity contribution in [3.63, 3.8) is 0 Å². The quantitative estimate of drug-likeness (QED) is 0.918. The zero-order valence-electron chi connectivity index (χ0n) is 12.0. The van der Waals surface area contributed by atoms with E-state index < -0.39 is 5.97 Å². The Balaban J connectivity index is 1.73. The predicted molar refractivity (Wildman–Crippen MR) is 80.3 cm³/mol. The van der Waals surface area contributed by atoms with E-state index in [-0.39, 0.29) is 12.3 Å². The normalized spacial score (nSPS) is 17.4. The lowest BCUT2D eigenvalue weighted by atomic mass is 9.85. The Kier molecular flexibility index (Phi) is 4.04. The van der Waals surface area contributed by atoms with E-state index in [4.69, 9.17) is 5.11 Å². The van der Waals surface area contributed by atoms with Gasteiger partial charge in [0.25, 0.3) is 0 Å². The second kappa shape index (κ2) is 6.12. The first kappa shape index (κ1) is 13.9. The molecular formula is C17H20N2O2. The van der Waals surface area contributed by atoms with Crippen LogP contribution in [0.1, 0.15) is 42.0 Å². The molecule has 4 nitrogen and oxygen atoms in total. The number of hydrogen-bond donors (Lipinski definition) is 1. The van der Waals surface area contributed by atoms with E-state index in [1.54, 1.807) is 0 Å². The van der Waals surface area contributed by atoms with Crippen LogP contribution >= 0.6 is 0 Å². The van der Waals surface area contributed by atoms with E-state index >= 15 is 0 Å². The maximum Gasteiger partial charge on any atom is 0.303 e. The van der Waals surface area contributed by atoms with Gasteiger partial charge in [-0.25, -0.2) is 0 Å². The summed E-state index contributed by atoms with van der Waals surface area (Å²) in [5.41, 5.74) is 3.69. The molecule has 1 aliphatic carbocycles. The molecule has 0 bridgehead atoms. The highest BCUT2D eigenvalue weighted by molar-refractivity contribution is 5.68. The first-order valence-corrected chi connectivity index (χ1v) is 7.54. The number of carbonyl (C=O) groups is 1. The zero-order valence-corrected chi connectivity index (χ0v) is 12.0. The van der Waals surface area contributed by atoms with Crippen LogP contribution in [0.3, 0.4) is 0 Å². The third kappa shape index (κ3) is 3.15. The number of fused-ring (bicyclic) bond motifs is 1. The minimum atomic E-state index is -0.718. The van der Waals surface area contributed by atoms with Crippen molar-refractivity contribution in [2.24, 2.45) is 0 Å². The monoisotopic (exact) mass is 284 g/mol. The van der Waals surface area contributed by atoms with Gasteiger partial charge < -0.3 is 5.11 Å². The van der Waals surface area contributed by atoms with E-state index in [2.05, 4.69) is 34.0 Å². The number of hydrogen-bond acceptors (Lipinski definition) is 2. The van der Waals surface area contributed by atoms with Crippen molar-refractivity contribution < 1.29 is 9.90 Å². The van der Waals surface area contributed by atoms with Crippen LogP contribution in [-0.2, 0) is 24.2 Å². The number of rotatable bonds is 5. The first-order valence-electron chi connectivity index (χ1n) is 7.54. The van der Waals surface area contributed by atoms with Gasteiger partial charge in [0.15, 0.2) is 0 Å². The van der Waals surface area contributed by atoms with Gasteiger partial charge in [-0.15, -0.1) is 0 Å². The summed E-state index contributed by atoms with van der Waals surface area (Å²) >= 11 is 0. The van der Waals surface area contributed by atoms with E-state index in [1.807, 2.05) is 12.3 Å². The summed E-state index contributed by atoms with van der Waals surface area (Å²) in [5.74, 6) is -0.582. The molecule has 1 aromatic carbocycles. The summed E-state index contributed by atoms with van der Waals surface area (Å²) in [6.45, 7) is 0.860. The van der Waals surface area contributed by atoms with Crippen molar-refractivity contribution in [3.8, 4) is 0 Å². The van der Waals surface area contributed by atoms with Crippen molar-refractivity contribution >= 4 is 5.97 Å². The van der Waals surface area contributed by atoms with E-state index in [1.165, 1.54) is 11.3 Å². The van der Waals surface area contributed by atoms with Crippen molar-refractivity contribution in [2.45, 2.75) is 44.6 Å². The van der Waals surface area contributed by atoms with Crippen LogP contribution in [0.25, 0.3) is 0 Å². The lowest BCUT2D eigenvalue weighted by molar-refractivity contribution is -0.137. The summed E-state index contributed by atoms with van der Waals surface area (Å²) in [5, 5.41) is 13.5. The largest absolute Gasteiger partial charge is 0.481 e. The number of nitrogens with zero attached hydrogens (tertiary/aromatic N) is 2. The maximum atomic E-state index is 11.0. The molecule has 4 heteroatoms. The molecule has 3 rings (SSSR count). The number of carboxylic acids is 1. The summed E-state index contributed by atoms with van der Waals surface area (Å²) in [6.07, 6.45) is 6.09. The zero-order chi connectivity index (χ0) is 14.7. The average molecular weight is 284 g/mol. The number of aliphatic carboxylic acids is 1. The maximum absolute atomic E-state index is 11.0. The van der Waals surface area contributed by atoms with Crippen molar-refractivity contribution in [3.05, 3.63) is 53.3 Å². The second-order valence-electron chi connectivity index (χ2n) is 5.69. The molecule has 0 amide bonds. The molecule has 0 fully saturated rings. The highest BCUT2D eigenvalue weighted by atomic mass is 16.4. The number of benzene rings is 1. The van der Waals surface area contributed by atoms with Gasteiger partial charge in [0.05, 0.1) is 12.6 Å². The lowest BCUT2D eigenvalue weighted by Crippen LogP contribution is -2.16. The average Bonchev–Trinajstić information content (AvgIpc) is 2.90. The van der Waals surface area contributed by atoms with Crippen LogP contribution in [0.2, 0.25) is 0 Å². The van der Waals surface area contributed by atoms with Crippen molar-refractivity contribution in [1.82, 2.24) is 9.78 Å². The molecule has 1 heterocycles. The van der Waals surface area contributed by atoms with Crippen LogP contribution < -0.4 is 0 Å². The van der Waals surface area contributed by atoms with E-state index in [0.717, 1.165) is 37.8 Å². The first-order chi connectivity index (χ1) is 10.2. The van der Waals surface area contributed by atoms with Gasteiger partial charge in [0, 0.05) is 12.2 Å². The lowest BCUT2D eigenvalue weighted by Gasteiger charge is -2.21. The Bertz CT molecular complexity index is 619. The summed E-state index contributed by atoms with van der Waals surface area (Å²) in [4.78, 5) is 11.0. The molecule has 1 aliphatic rings. The van der Waals surface area contributed by atoms with Gasteiger partial charge in [-0.05, 0) is 42.7 Å². The standard InChI is InChI=1S/C17H20N2O2/c20-17(21)11-14-7-4-8-16-15(14)12-18-19(16)10-9-13-5-2-1-3-6-13/h1-3,5-6,12,14H,4,7-11H2,(H,20,21). The second-order valence-corrected chi connectivity index (χ2v) is 5.69. The molecule has 110 valence electrons. The molecule has 1 atom stereocenters. The summed E-state index contributed by atoms with van der Waals surface area (Å²) in [7, 11) is 0. The SMILES string of the molecule is O=C(O)CC1CCCc2c1cnn2CCc1ccccc1. The highest BCUT2D eigenvalue weighted by Crippen LogP contribution is 2.33. The topological polar surface area (TPSA) is 55.1 Å². The van der Waals surface area contributed by atoms with Crippen LogP contribution in [0, 0.1) is 0 Å². The van der Waals surface area contributed by atoms with Gasteiger partial charge in [-0.1, -0.05) is 30.3 Å². The van der Waals surface area contributed by atoms with E-state index in [9.17, 15) is 4.79 Å². The molecule has 0 radical (unpaired) electrons. The highest BCUT2D eigenvalue weighted by Gasteiger charge is 2.25. The summed E-state index contributed by atoms with van der Waals surface area (Å²) in [6, 6.07) is 10.4. The smallest absolute Gasteiger partial charge is 0.303 e. The van der Waals surface area contributed by atoms with Gasteiger partial charge in [-0.3, -0.25) is 9.48 Å². The minimum absolute atomic E-state index is 0.136. The molecule has 1 N–H and O–H groups in total. The minimum Gasteiger partial charge on any atom is -0.481 e. The summed E-state index contributed by atoms with van der Waals surface area (Å²) < 4.78 is 2.07. The van der Waals surface area contributed by atoms with Crippen LogP contribution in [-0.4, -0.2) is 20.9 Å². The molecule has 21 heavy (non-hydrogen) atoms. The third-order valence-electron chi connectivity index (χ3n) is 4.26. The predicted octanol–water partition coefficient (Wildman–Crippen LogP) is 3.02. The molecule has 1 aromatic heterocycles. The van der Waals surface area contributed by atoms with Gasteiger partial charge >= 0.3 is 5.97 Å². The fourth-order valence-electron chi connectivity index (χ4n) is 3.21. The van der Waals surface area contributed by atoms with Crippen LogP contribution in [0.5, 0.6) is 0 Å². The van der Waals surface area contributed by atoms with Gasteiger partial charge in [0.1, 0.15) is 0 Å². The van der Waals surface area contributed by atoms with Gasteiger partial charge in [0.2, 0.25) is 0 Å². The van der Waals surface area contributed by atoms with Gasteiger partial charge in [-0.2, -0.15) is 5.10 Å². The molecule has 0 saturated carbocycles. The fourth-order valence-corrected chi connectivity index (χ4v) is 3.21. The van der Waals surface area contributed by atoms with Crippen LogP contribution in [0.15, 0.2) is 36.5 Å². The molecule has 0 aliphatic heterocycles. The van der Waals surface area contributed by atoms with E-state index in [0.29, 0.717) is 0 Å².